The van der Waals surface area contributed by atoms with Gasteiger partial charge in [0.25, 0.3) is 0 Å². The van der Waals surface area contributed by atoms with Crippen LogP contribution < -0.4 is 4.90 Å². The summed E-state index contributed by atoms with van der Waals surface area (Å²) in [7, 11) is 0. The van der Waals surface area contributed by atoms with E-state index in [9.17, 15) is 0 Å². The van der Waals surface area contributed by atoms with E-state index in [1.165, 1.54) is 0 Å². The van der Waals surface area contributed by atoms with Crippen molar-refractivity contribution in [3.63, 3.8) is 0 Å². The summed E-state index contributed by atoms with van der Waals surface area (Å²) in [5.74, 6) is 0.574. The van der Waals surface area contributed by atoms with Crippen LogP contribution in [0.25, 0.3) is 0 Å². The van der Waals surface area contributed by atoms with E-state index in [4.69, 9.17) is 5.11 Å². The molecule has 1 N–H and O–H groups in total. The highest BCUT2D eigenvalue weighted by molar-refractivity contribution is 5.72. The van der Waals surface area contributed by atoms with Gasteiger partial charge in [-0.05, 0) is 24.3 Å². The average molecular weight is 277 g/mol. The molecule has 0 aliphatic carbocycles. The zero-order chi connectivity index (χ0) is 14.5. The number of nitrogens with zero attached hydrogens (tertiary/aromatic N) is 3. The minimum atomic E-state index is -0.0586. The van der Waals surface area contributed by atoms with E-state index in [2.05, 4.69) is 9.97 Å². The fourth-order valence-electron chi connectivity index (χ4n) is 2.08. The topological polar surface area (TPSA) is 49.3 Å². The van der Waals surface area contributed by atoms with Gasteiger partial charge in [0, 0.05) is 29.3 Å². The molecule has 3 rings (SSSR count). The van der Waals surface area contributed by atoms with Gasteiger partial charge >= 0.3 is 0 Å². The first-order valence-electron chi connectivity index (χ1n) is 6.70. The average Bonchev–Trinajstić information content (AvgIpc) is 2.58. The predicted octanol–water partition coefficient (Wildman–Crippen LogP) is 3.44. The molecule has 4 nitrogen and oxygen atoms in total. The van der Waals surface area contributed by atoms with Crippen molar-refractivity contribution in [1.82, 2.24) is 9.97 Å². The smallest absolute Gasteiger partial charge is 0.234 e. The van der Waals surface area contributed by atoms with E-state index < -0.39 is 0 Å². The molecule has 4 heteroatoms. The third kappa shape index (κ3) is 2.90. The summed E-state index contributed by atoms with van der Waals surface area (Å²) in [4.78, 5) is 10.7. The quantitative estimate of drug-likeness (QED) is 0.793. The lowest BCUT2D eigenvalue weighted by Gasteiger charge is -2.22. The minimum Gasteiger partial charge on any atom is -0.392 e. The molecule has 0 bridgehead atoms. The third-order valence-electron chi connectivity index (χ3n) is 3.10. The summed E-state index contributed by atoms with van der Waals surface area (Å²) in [6.07, 6.45) is 3.28. The van der Waals surface area contributed by atoms with Crippen LogP contribution in [0, 0.1) is 0 Å². The molecule has 0 spiro atoms. The zero-order valence-corrected chi connectivity index (χ0v) is 11.4. The Morgan fingerprint density at radius 3 is 1.67 bits per heavy atom. The Kier molecular flexibility index (Phi) is 3.89. The lowest BCUT2D eigenvalue weighted by Crippen LogP contribution is -2.13. The number of anilines is 3. The van der Waals surface area contributed by atoms with Gasteiger partial charge in [0.1, 0.15) is 0 Å². The van der Waals surface area contributed by atoms with Gasteiger partial charge in [-0.1, -0.05) is 36.4 Å². The molecule has 21 heavy (non-hydrogen) atoms. The fraction of sp³-hybridized carbons (Fsp3) is 0.0588. The van der Waals surface area contributed by atoms with Gasteiger partial charge in [0.05, 0.1) is 6.61 Å². The Labute approximate surface area is 123 Å². The van der Waals surface area contributed by atoms with Crippen molar-refractivity contribution in [2.24, 2.45) is 0 Å². The molecule has 0 fully saturated rings. The molecule has 1 heterocycles. The minimum absolute atomic E-state index is 0.0586. The number of benzene rings is 2. The highest BCUT2D eigenvalue weighted by Gasteiger charge is 2.13. The standard InChI is InChI=1S/C17H15N3O/c21-13-14-11-18-17(19-12-14)20(15-7-3-1-4-8-15)16-9-5-2-6-10-16/h1-12,21H,13H2. The third-order valence-corrected chi connectivity index (χ3v) is 3.10. The van der Waals surface area contributed by atoms with E-state index >= 15 is 0 Å². The molecule has 1 aromatic heterocycles. The van der Waals surface area contributed by atoms with E-state index in [0.29, 0.717) is 11.5 Å². The molecule has 0 radical (unpaired) electrons. The van der Waals surface area contributed by atoms with Crippen LogP contribution in [-0.2, 0) is 6.61 Å². The normalized spacial score (nSPS) is 10.3. The second kappa shape index (κ2) is 6.15. The Morgan fingerprint density at radius 1 is 0.762 bits per heavy atom. The largest absolute Gasteiger partial charge is 0.392 e. The number of para-hydroxylation sites is 2. The van der Waals surface area contributed by atoms with E-state index in [1.807, 2.05) is 65.6 Å². The van der Waals surface area contributed by atoms with E-state index in [1.54, 1.807) is 12.4 Å². The van der Waals surface area contributed by atoms with Crippen LogP contribution in [0.15, 0.2) is 73.1 Å². The highest BCUT2D eigenvalue weighted by Crippen LogP contribution is 2.31. The number of rotatable bonds is 4. The van der Waals surface area contributed by atoms with Crippen LogP contribution in [0.5, 0.6) is 0 Å². The van der Waals surface area contributed by atoms with Crippen LogP contribution in [0.4, 0.5) is 17.3 Å². The molecule has 0 atom stereocenters. The Balaban J connectivity index is 2.07. The number of aliphatic hydroxyl groups is 1. The van der Waals surface area contributed by atoms with Crippen LogP contribution in [0.2, 0.25) is 0 Å². The Morgan fingerprint density at radius 2 is 1.24 bits per heavy atom. The number of hydrogen-bond donors (Lipinski definition) is 1. The summed E-state index contributed by atoms with van der Waals surface area (Å²) in [6, 6.07) is 19.9. The first-order chi connectivity index (χ1) is 10.4. The molecule has 104 valence electrons. The lowest BCUT2D eigenvalue weighted by atomic mass is 10.2. The van der Waals surface area contributed by atoms with Crippen molar-refractivity contribution in [3.8, 4) is 0 Å². The van der Waals surface area contributed by atoms with Gasteiger partial charge in [-0.15, -0.1) is 0 Å². The molecular weight excluding hydrogens is 262 g/mol. The van der Waals surface area contributed by atoms with Crippen molar-refractivity contribution in [2.45, 2.75) is 6.61 Å². The van der Waals surface area contributed by atoms with Crippen molar-refractivity contribution in [1.29, 1.82) is 0 Å². The first kappa shape index (κ1) is 13.3. The molecule has 0 aliphatic heterocycles. The molecule has 2 aromatic carbocycles. The summed E-state index contributed by atoms with van der Waals surface area (Å²) in [5.41, 5.74) is 2.67. The van der Waals surface area contributed by atoms with Gasteiger partial charge in [0.15, 0.2) is 0 Å². The lowest BCUT2D eigenvalue weighted by molar-refractivity contribution is 0.281. The molecular formula is C17H15N3O. The highest BCUT2D eigenvalue weighted by atomic mass is 16.3. The SMILES string of the molecule is OCc1cnc(N(c2ccccc2)c2ccccc2)nc1. The second-order valence-electron chi connectivity index (χ2n) is 4.56. The van der Waals surface area contributed by atoms with Crippen molar-refractivity contribution >= 4 is 17.3 Å². The molecule has 0 amide bonds. The summed E-state index contributed by atoms with van der Waals surface area (Å²) in [6.45, 7) is -0.0586. The maximum absolute atomic E-state index is 9.11. The molecule has 3 aromatic rings. The second-order valence-corrected chi connectivity index (χ2v) is 4.56. The molecule has 0 saturated carbocycles. The van der Waals surface area contributed by atoms with Gasteiger partial charge in [-0.3, -0.25) is 4.90 Å². The van der Waals surface area contributed by atoms with Gasteiger partial charge in [0.2, 0.25) is 5.95 Å². The number of hydrogen-bond acceptors (Lipinski definition) is 4. The zero-order valence-electron chi connectivity index (χ0n) is 11.4. The van der Waals surface area contributed by atoms with Gasteiger partial charge in [-0.25, -0.2) is 9.97 Å². The Hall–Kier alpha value is -2.72. The van der Waals surface area contributed by atoms with Crippen molar-refractivity contribution in [3.05, 3.63) is 78.6 Å². The van der Waals surface area contributed by atoms with Crippen LogP contribution in [0.3, 0.4) is 0 Å². The van der Waals surface area contributed by atoms with Crippen LogP contribution in [-0.4, -0.2) is 15.1 Å². The molecule has 0 saturated heterocycles. The molecule has 0 aliphatic rings. The van der Waals surface area contributed by atoms with E-state index in [0.717, 1.165) is 11.4 Å². The summed E-state index contributed by atoms with van der Waals surface area (Å²) < 4.78 is 0. The predicted molar refractivity (Wildman–Crippen MR) is 82.6 cm³/mol. The summed E-state index contributed by atoms with van der Waals surface area (Å²) >= 11 is 0. The van der Waals surface area contributed by atoms with Crippen LogP contribution >= 0.6 is 0 Å². The maximum Gasteiger partial charge on any atom is 0.234 e. The van der Waals surface area contributed by atoms with Gasteiger partial charge < -0.3 is 5.11 Å². The summed E-state index contributed by atoms with van der Waals surface area (Å²) in [5, 5.41) is 9.11. The number of aliphatic hydroxyl groups excluding tert-OH is 1. The van der Waals surface area contributed by atoms with Gasteiger partial charge in [-0.2, -0.15) is 0 Å². The molecule has 0 unspecified atom stereocenters. The first-order valence-corrected chi connectivity index (χ1v) is 6.70. The van der Waals surface area contributed by atoms with E-state index in [-0.39, 0.29) is 6.61 Å². The van der Waals surface area contributed by atoms with Crippen molar-refractivity contribution in [2.75, 3.05) is 4.90 Å². The Bertz CT molecular complexity index is 645. The number of aromatic nitrogens is 2. The van der Waals surface area contributed by atoms with Crippen molar-refractivity contribution < 1.29 is 5.11 Å². The fourth-order valence-corrected chi connectivity index (χ4v) is 2.08. The van der Waals surface area contributed by atoms with Crippen LogP contribution in [0.1, 0.15) is 5.56 Å². The maximum atomic E-state index is 9.11. The monoisotopic (exact) mass is 277 g/mol.